The fraction of sp³-hybridized carbons (Fsp3) is 0.364. The first-order valence-electron chi connectivity index (χ1n) is 4.71. The maximum absolute atomic E-state index is 11.8. The summed E-state index contributed by atoms with van der Waals surface area (Å²) in [7, 11) is 3.77. The first-order valence-corrected chi connectivity index (χ1v) is 4.71. The van der Waals surface area contributed by atoms with Gasteiger partial charge >= 0.3 is 0 Å². The van der Waals surface area contributed by atoms with Crippen LogP contribution in [0.1, 0.15) is 0 Å². The van der Waals surface area contributed by atoms with Crippen molar-refractivity contribution in [2.24, 2.45) is 0 Å². The Bertz CT molecular complexity index is 429. The minimum atomic E-state index is -0.675. The third kappa shape index (κ3) is 2.42. The molecule has 0 aromatic heterocycles. The van der Waals surface area contributed by atoms with Crippen molar-refractivity contribution in [1.29, 1.82) is 0 Å². The minimum Gasteiger partial charge on any atom is -0.492 e. The topological polar surface area (TPSA) is 78.9 Å². The monoisotopic (exact) mass is 240 g/mol. The number of Topliss-reactive ketones (excluding diaryl/α,β-unsaturated/α-hetero) is 2. The van der Waals surface area contributed by atoms with Crippen LogP contribution in [-0.2, 0) is 28.6 Å². The Labute approximate surface area is 97.8 Å². The van der Waals surface area contributed by atoms with E-state index in [-0.39, 0.29) is 23.7 Å². The molecule has 92 valence electrons. The number of carbonyl (C=O) groups is 3. The third-order valence-electron chi connectivity index (χ3n) is 2.14. The molecule has 1 rings (SSSR count). The summed E-state index contributed by atoms with van der Waals surface area (Å²) in [6.45, 7) is -0.307. The number of ether oxygens (including phenoxy) is 3. The first-order chi connectivity index (χ1) is 8.06. The highest BCUT2D eigenvalue weighted by Gasteiger charge is 2.34. The van der Waals surface area contributed by atoms with Gasteiger partial charge in [-0.15, -0.1) is 0 Å². The summed E-state index contributed by atoms with van der Waals surface area (Å²) in [5, 5.41) is 0. The zero-order valence-electron chi connectivity index (χ0n) is 9.73. The second-order valence-electron chi connectivity index (χ2n) is 3.17. The van der Waals surface area contributed by atoms with Crippen molar-refractivity contribution in [3.8, 4) is 0 Å². The van der Waals surface area contributed by atoms with E-state index < -0.39 is 17.3 Å². The normalized spacial score (nSPS) is 15.8. The molecule has 0 aromatic carbocycles. The highest BCUT2D eigenvalue weighted by Crippen LogP contribution is 2.21. The van der Waals surface area contributed by atoms with Gasteiger partial charge in [-0.25, -0.2) is 0 Å². The summed E-state index contributed by atoms with van der Waals surface area (Å²) < 4.78 is 14.2. The molecule has 0 aromatic rings. The SMILES string of the molecule is COCC(=O)C1=C(OC)C(=O)C=C(OC)C1=O. The molecule has 0 radical (unpaired) electrons. The molecule has 0 atom stereocenters. The van der Waals surface area contributed by atoms with Crippen molar-refractivity contribution in [3.63, 3.8) is 0 Å². The van der Waals surface area contributed by atoms with E-state index in [4.69, 9.17) is 9.47 Å². The predicted octanol–water partition coefficient (Wildman–Crippen LogP) is -0.216. The number of rotatable bonds is 5. The highest BCUT2D eigenvalue weighted by molar-refractivity contribution is 6.33. The van der Waals surface area contributed by atoms with E-state index >= 15 is 0 Å². The molecule has 6 nitrogen and oxygen atoms in total. The van der Waals surface area contributed by atoms with Crippen LogP contribution in [0.3, 0.4) is 0 Å². The number of hydrogen-bond acceptors (Lipinski definition) is 6. The van der Waals surface area contributed by atoms with Crippen molar-refractivity contribution in [2.75, 3.05) is 27.9 Å². The molecule has 0 heterocycles. The molecule has 0 saturated carbocycles. The minimum absolute atomic E-state index is 0.185. The zero-order chi connectivity index (χ0) is 13.0. The van der Waals surface area contributed by atoms with Gasteiger partial charge in [0.05, 0.1) is 14.2 Å². The molecule has 6 heteroatoms. The van der Waals surface area contributed by atoms with Crippen molar-refractivity contribution in [2.45, 2.75) is 0 Å². The van der Waals surface area contributed by atoms with Crippen LogP contribution in [0.2, 0.25) is 0 Å². The third-order valence-corrected chi connectivity index (χ3v) is 2.14. The maximum atomic E-state index is 11.8. The fourth-order valence-corrected chi connectivity index (χ4v) is 1.41. The highest BCUT2D eigenvalue weighted by atomic mass is 16.5. The molecule has 1 aliphatic rings. The smallest absolute Gasteiger partial charge is 0.235 e. The van der Waals surface area contributed by atoms with Gasteiger partial charge in [0.2, 0.25) is 11.6 Å². The lowest BCUT2D eigenvalue weighted by molar-refractivity contribution is -0.126. The van der Waals surface area contributed by atoms with Crippen LogP contribution in [0.4, 0.5) is 0 Å². The van der Waals surface area contributed by atoms with Crippen LogP contribution in [0.15, 0.2) is 23.2 Å². The number of allylic oxidation sites excluding steroid dienone is 2. The maximum Gasteiger partial charge on any atom is 0.235 e. The summed E-state index contributed by atoms with van der Waals surface area (Å²) >= 11 is 0. The van der Waals surface area contributed by atoms with Crippen molar-refractivity contribution in [1.82, 2.24) is 0 Å². The van der Waals surface area contributed by atoms with E-state index in [2.05, 4.69) is 4.74 Å². The molecule has 0 spiro atoms. The van der Waals surface area contributed by atoms with Crippen LogP contribution in [-0.4, -0.2) is 45.3 Å². The molecular weight excluding hydrogens is 228 g/mol. The summed E-state index contributed by atoms with van der Waals surface area (Å²) in [6, 6.07) is 0. The Morgan fingerprint density at radius 3 is 2.29 bits per heavy atom. The van der Waals surface area contributed by atoms with Gasteiger partial charge in [0.1, 0.15) is 12.2 Å². The predicted molar refractivity (Wildman–Crippen MR) is 56.0 cm³/mol. The zero-order valence-corrected chi connectivity index (χ0v) is 9.73. The van der Waals surface area contributed by atoms with E-state index in [0.717, 1.165) is 6.08 Å². The van der Waals surface area contributed by atoms with Crippen LogP contribution >= 0.6 is 0 Å². The molecule has 0 amide bonds. The fourth-order valence-electron chi connectivity index (χ4n) is 1.41. The molecule has 0 bridgehead atoms. The van der Waals surface area contributed by atoms with E-state index in [1.165, 1.54) is 21.3 Å². The van der Waals surface area contributed by atoms with Crippen molar-refractivity contribution < 1.29 is 28.6 Å². The van der Waals surface area contributed by atoms with Gasteiger partial charge in [0.15, 0.2) is 17.3 Å². The number of ketones is 3. The average Bonchev–Trinajstić information content (AvgIpc) is 2.31. The lowest BCUT2D eigenvalue weighted by Crippen LogP contribution is -2.28. The van der Waals surface area contributed by atoms with Gasteiger partial charge in [-0.3, -0.25) is 14.4 Å². The average molecular weight is 240 g/mol. The summed E-state index contributed by atoms with van der Waals surface area (Å²) in [4.78, 5) is 35.1. The van der Waals surface area contributed by atoms with Crippen LogP contribution in [0.25, 0.3) is 0 Å². The van der Waals surface area contributed by atoms with Gasteiger partial charge in [0.25, 0.3) is 0 Å². The second-order valence-corrected chi connectivity index (χ2v) is 3.17. The van der Waals surface area contributed by atoms with E-state index in [1.807, 2.05) is 0 Å². The van der Waals surface area contributed by atoms with Crippen LogP contribution < -0.4 is 0 Å². The molecule has 0 fully saturated rings. The lowest BCUT2D eigenvalue weighted by Gasteiger charge is -2.15. The number of hydrogen-bond donors (Lipinski definition) is 0. The molecular formula is C11H12O6. The van der Waals surface area contributed by atoms with Crippen molar-refractivity contribution >= 4 is 17.3 Å². The van der Waals surface area contributed by atoms with Gasteiger partial charge in [-0.05, 0) is 0 Å². The largest absolute Gasteiger partial charge is 0.492 e. The summed E-state index contributed by atoms with van der Waals surface area (Å²) in [5.74, 6) is -2.34. The Morgan fingerprint density at radius 1 is 1.18 bits per heavy atom. The van der Waals surface area contributed by atoms with Gasteiger partial charge in [0, 0.05) is 13.2 Å². The number of methoxy groups -OCH3 is 3. The molecule has 0 saturated heterocycles. The van der Waals surface area contributed by atoms with Crippen LogP contribution in [0, 0.1) is 0 Å². The number of carbonyl (C=O) groups excluding carboxylic acids is 3. The molecule has 0 aliphatic heterocycles. The Kier molecular flexibility index (Phi) is 4.17. The molecule has 17 heavy (non-hydrogen) atoms. The van der Waals surface area contributed by atoms with Crippen molar-refractivity contribution in [3.05, 3.63) is 23.2 Å². The van der Waals surface area contributed by atoms with Crippen LogP contribution in [0.5, 0.6) is 0 Å². The van der Waals surface area contributed by atoms with Gasteiger partial charge in [-0.2, -0.15) is 0 Å². The standard InChI is InChI=1S/C11H12O6/c1-15-5-7(13)9-10(14)8(16-2)4-6(12)11(9)17-3/h4H,5H2,1-3H3. The molecule has 0 unspecified atom stereocenters. The summed E-state index contributed by atoms with van der Waals surface area (Å²) in [5.41, 5.74) is -0.335. The Hall–Kier alpha value is -1.95. The lowest BCUT2D eigenvalue weighted by atomic mass is 9.96. The molecule has 0 N–H and O–H groups in total. The first kappa shape index (κ1) is 13.1. The second kappa shape index (κ2) is 5.40. The van der Waals surface area contributed by atoms with Gasteiger partial charge in [-0.1, -0.05) is 0 Å². The Balaban J connectivity index is 3.22. The Morgan fingerprint density at radius 2 is 1.82 bits per heavy atom. The van der Waals surface area contributed by atoms with E-state index in [1.54, 1.807) is 0 Å². The van der Waals surface area contributed by atoms with E-state index in [0.29, 0.717) is 0 Å². The molecule has 1 aliphatic carbocycles. The quantitative estimate of drug-likeness (QED) is 0.488. The van der Waals surface area contributed by atoms with Gasteiger partial charge < -0.3 is 14.2 Å². The summed E-state index contributed by atoms with van der Waals surface area (Å²) in [6.07, 6.45) is 0.991. The van der Waals surface area contributed by atoms with E-state index in [9.17, 15) is 14.4 Å².